The van der Waals surface area contributed by atoms with E-state index in [9.17, 15) is 5.11 Å². The van der Waals surface area contributed by atoms with Gasteiger partial charge in [-0.1, -0.05) is 42.1 Å². The maximum Gasteiger partial charge on any atom is 0.0780 e. The van der Waals surface area contributed by atoms with Gasteiger partial charge < -0.3 is 10.1 Å². The van der Waals surface area contributed by atoms with Gasteiger partial charge in [0.05, 0.1) is 11.1 Å². The van der Waals surface area contributed by atoms with Crippen LogP contribution in [-0.2, 0) is 0 Å². The Kier molecular flexibility index (Phi) is 3.32. The van der Waals surface area contributed by atoms with Crippen molar-refractivity contribution in [1.29, 1.82) is 0 Å². The van der Waals surface area contributed by atoms with Crippen molar-refractivity contribution in [3.8, 4) is 0 Å². The van der Waals surface area contributed by atoms with E-state index >= 15 is 0 Å². The number of para-hydroxylation sites is 1. The van der Waals surface area contributed by atoms with Crippen LogP contribution >= 0.6 is 11.8 Å². The molecule has 1 atom stereocenters. The Labute approximate surface area is 116 Å². The fraction of sp³-hybridized carbons (Fsp3) is 0.125. The van der Waals surface area contributed by atoms with Gasteiger partial charge in [-0.25, -0.2) is 0 Å². The van der Waals surface area contributed by atoms with E-state index in [1.807, 2.05) is 36.4 Å². The third-order valence-electron chi connectivity index (χ3n) is 3.10. The highest BCUT2D eigenvalue weighted by molar-refractivity contribution is 7.99. The quantitative estimate of drug-likeness (QED) is 0.740. The van der Waals surface area contributed by atoms with Crippen LogP contribution in [0.4, 0.5) is 0 Å². The van der Waals surface area contributed by atoms with Gasteiger partial charge in [0.2, 0.25) is 0 Å². The number of nitrogens with one attached hydrogen (secondary N) is 1. The van der Waals surface area contributed by atoms with Crippen molar-refractivity contribution in [3.05, 3.63) is 60.2 Å². The molecule has 0 spiro atoms. The Hall–Kier alpha value is -1.71. The van der Waals surface area contributed by atoms with Crippen LogP contribution in [0.3, 0.4) is 0 Å². The number of hydrogen-bond acceptors (Lipinski definition) is 2. The molecule has 0 fully saturated rings. The van der Waals surface area contributed by atoms with Crippen molar-refractivity contribution in [2.24, 2.45) is 0 Å². The number of H-pyrrole nitrogens is 1. The molecular formula is C16H15NOS. The Morgan fingerprint density at radius 3 is 2.47 bits per heavy atom. The molecule has 3 aromatic rings. The number of aliphatic hydroxyl groups excluding tert-OH is 1. The van der Waals surface area contributed by atoms with Crippen LogP contribution in [0.15, 0.2) is 64.5 Å². The van der Waals surface area contributed by atoms with Crippen LogP contribution < -0.4 is 0 Å². The summed E-state index contributed by atoms with van der Waals surface area (Å²) in [5, 5.41) is 11.8. The lowest BCUT2D eigenvalue weighted by molar-refractivity contribution is 0.199. The highest BCUT2D eigenvalue weighted by Gasteiger charge is 2.04. The van der Waals surface area contributed by atoms with Crippen molar-refractivity contribution in [2.45, 2.75) is 22.9 Å². The van der Waals surface area contributed by atoms with Gasteiger partial charge in [0.25, 0.3) is 0 Å². The fourth-order valence-electron chi connectivity index (χ4n) is 2.04. The number of hydrogen-bond donors (Lipinski definition) is 2. The van der Waals surface area contributed by atoms with Gasteiger partial charge in [-0.15, -0.1) is 0 Å². The maximum absolute atomic E-state index is 9.49. The summed E-state index contributed by atoms with van der Waals surface area (Å²) in [6, 6.07) is 18.4. The highest BCUT2D eigenvalue weighted by atomic mass is 32.2. The summed E-state index contributed by atoms with van der Waals surface area (Å²) in [5.74, 6) is 0. The maximum atomic E-state index is 9.49. The summed E-state index contributed by atoms with van der Waals surface area (Å²) in [6.07, 6.45) is -0.410. The molecule has 1 heterocycles. The molecule has 3 heteroatoms. The summed E-state index contributed by atoms with van der Waals surface area (Å²) >= 11 is 1.70. The van der Waals surface area contributed by atoms with E-state index < -0.39 is 6.10 Å². The minimum Gasteiger partial charge on any atom is -0.389 e. The predicted molar refractivity (Wildman–Crippen MR) is 79.5 cm³/mol. The largest absolute Gasteiger partial charge is 0.389 e. The number of aliphatic hydroxyl groups is 1. The van der Waals surface area contributed by atoms with Gasteiger partial charge in [-0.2, -0.15) is 0 Å². The lowest BCUT2D eigenvalue weighted by Crippen LogP contribution is -1.89. The molecule has 0 saturated carbocycles. The fourth-order valence-corrected chi connectivity index (χ4v) is 2.92. The van der Waals surface area contributed by atoms with Gasteiger partial charge in [0.15, 0.2) is 0 Å². The molecule has 0 unspecified atom stereocenters. The van der Waals surface area contributed by atoms with E-state index in [4.69, 9.17) is 0 Å². The van der Waals surface area contributed by atoms with Crippen molar-refractivity contribution >= 4 is 22.7 Å². The summed E-state index contributed by atoms with van der Waals surface area (Å²) in [6.45, 7) is 1.78. The molecule has 96 valence electrons. The van der Waals surface area contributed by atoms with Crippen molar-refractivity contribution in [1.82, 2.24) is 4.98 Å². The molecule has 0 aliphatic carbocycles. The van der Waals surface area contributed by atoms with Gasteiger partial charge in [-0.3, -0.25) is 0 Å². The van der Waals surface area contributed by atoms with Crippen LogP contribution in [-0.4, -0.2) is 10.1 Å². The van der Waals surface area contributed by atoms with E-state index in [-0.39, 0.29) is 0 Å². The van der Waals surface area contributed by atoms with Crippen LogP contribution in [0.2, 0.25) is 0 Å². The lowest BCUT2D eigenvalue weighted by Gasteiger charge is -2.05. The van der Waals surface area contributed by atoms with E-state index in [2.05, 4.69) is 23.2 Å². The minimum absolute atomic E-state index is 0.410. The van der Waals surface area contributed by atoms with Gasteiger partial charge >= 0.3 is 0 Å². The van der Waals surface area contributed by atoms with Crippen molar-refractivity contribution in [2.75, 3.05) is 0 Å². The first-order chi connectivity index (χ1) is 9.22. The second kappa shape index (κ2) is 5.11. The van der Waals surface area contributed by atoms with Crippen LogP contribution in [0, 0.1) is 0 Å². The zero-order valence-electron chi connectivity index (χ0n) is 10.6. The standard InChI is InChI=1S/C16H15NOS/c1-11(18)12-6-8-14(9-7-12)19-16-10-13-4-2-3-5-15(13)17-16/h2-11,17-18H,1H3/t11-/m0/s1. The average Bonchev–Trinajstić information content (AvgIpc) is 2.81. The Bertz CT molecular complexity index is 652. The van der Waals surface area contributed by atoms with E-state index in [1.54, 1.807) is 18.7 Å². The first kappa shape index (κ1) is 12.3. The summed E-state index contributed by atoms with van der Waals surface area (Å²) < 4.78 is 0. The molecule has 2 N–H and O–H groups in total. The van der Waals surface area contributed by atoms with Gasteiger partial charge in [0, 0.05) is 15.8 Å². The van der Waals surface area contributed by atoms with Crippen molar-refractivity contribution in [3.63, 3.8) is 0 Å². The zero-order chi connectivity index (χ0) is 13.2. The second-order valence-corrected chi connectivity index (χ2v) is 5.68. The molecule has 3 rings (SSSR count). The SMILES string of the molecule is C[C@H](O)c1ccc(Sc2cc3ccccc3[nH]2)cc1. The van der Waals surface area contributed by atoms with E-state index in [1.165, 1.54) is 5.39 Å². The molecule has 2 nitrogen and oxygen atoms in total. The molecule has 2 aromatic carbocycles. The first-order valence-electron chi connectivity index (χ1n) is 6.26. The Morgan fingerprint density at radius 2 is 1.79 bits per heavy atom. The van der Waals surface area contributed by atoms with Crippen molar-refractivity contribution < 1.29 is 5.11 Å². The smallest absolute Gasteiger partial charge is 0.0780 e. The molecule has 0 amide bonds. The van der Waals surface area contributed by atoms with Crippen LogP contribution in [0.5, 0.6) is 0 Å². The normalized spacial score (nSPS) is 12.7. The molecule has 1 aromatic heterocycles. The summed E-state index contributed by atoms with van der Waals surface area (Å²) in [4.78, 5) is 4.56. The predicted octanol–water partition coefficient (Wildman–Crippen LogP) is 4.37. The molecule has 0 saturated heterocycles. The second-order valence-electron chi connectivity index (χ2n) is 4.57. The highest BCUT2D eigenvalue weighted by Crippen LogP contribution is 2.30. The molecule has 19 heavy (non-hydrogen) atoms. The van der Waals surface area contributed by atoms with E-state index in [0.717, 1.165) is 21.0 Å². The number of aromatic amines is 1. The number of fused-ring (bicyclic) bond motifs is 1. The van der Waals surface area contributed by atoms with E-state index in [0.29, 0.717) is 0 Å². The van der Waals surface area contributed by atoms with Gasteiger partial charge in [-0.05, 0) is 36.8 Å². The lowest BCUT2D eigenvalue weighted by atomic mass is 10.1. The number of aromatic nitrogens is 1. The van der Waals surface area contributed by atoms with Crippen LogP contribution in [0.1, 0.15) is 18.6 Å². The zero-order valence-corrected chi connectivity index (χ0v) is 11.4. The monoisotopic (exact) mass is 269 g/mol. The molecular weight excluding hydrogens is 254 g/mol. The Morgan fingerprint density at radius 1 is 1.05 bits per heavy atom. The number of rotatable bonds is 3. The first-order valence-corrected chi connectivity index (χ1v) is 7.08. The Balaban J connectivity index is 1.84. The topological polar surface area (TPSA) is 36.0 Å². The molecule has 0 bridgehead atoms. The average molecular weight is 269 g/mol. The molecule has 0 aliphatic heterocycles. The molecule has 0 aliphatic rings. The molecule has 0 radical (unpaired) electrons. The minimum atomic E-state index is -0.410. The summed E-state index contributed by atoms with van der Waals surface area (Å²) in [7, 11) is 0. The number of benzene rings is 2. The third kappa shape index (κ3) is 2.67. The van der Waals surface area contributed by atoms with Crippen LogP contribution in [0.25, 0.3) is 10.9 Å². The third-order valence-corrected chi connectivity index (χ3v) is 4.04. The van der Waals surface area contributed by atoms with Gasteiger partial charge in [0.1, 0.15) is 0 Å². The summed E-state index contributed by atoms with van der Waals surface area (Å²) in [5.41, 5.74) is 2.10.